The normalized spacial score (nSPS) is 10.9. The minimum absolute atomic E-state index is 0.0425. The molecule has 0 saturated carbocycles. The van der Waals surface area contributed by atoms with Crippen LogP contribution in [0.15, 0.2) is 114 Å². The van der Waals surface area contributed by atoms with Crippen molar-refractivity contribution >= 4 is 56.6 Å². The van der Waals surface area contributed by atoms with Crippen molar-refractivity contribution in [2.45, 2.75) is 0 Å². The molecule has 184 valence electrons. The number of furan rings is 1. The van der Waals surface area contributed by atoms with Crippen LogP contribution in [-0.4, -0.2) is 21.7 Å². The fourth-order valence-corrected chi connectivity index (χ4v) is 4.42. The number of rotatable bonds is 6. The van der Waals surface area contributed by atoms with E-state index in [-0.39, 0.29) is 11.7 Å². The third kappa shape index (κ3) is 4.20. The maximum Gasteiger partial charge on any atom is 0.255 e. The zero-order valence-electron chi connectivity index (χ0n) is 20.1. The molecule has 1 amide bonds. The molecule has 4 N–H and O–H groups in total. The Morgan fingerprint density at radius 3 is 2.32 bits per heavy atom. The number of nitrogens with zero attached hydrogens (tertiary/aromatic N) is 3. The first-order valence-electron chi connectivity index (χ1n) is 11.9. The lowest BCUT2D eigenvalue weighted by atomic mass is 10.1. The molecule has 0 saturated heterocycles. The Morgan fingerprint density at radius 2 is 1.58 bits per heavy atom. The number of nitrogens with one attached hydrogen (secondary N) is 2. The van der Waals surface area contributed by atoms with E-state index in [2.05, 4.69) is 15.3 Å². The monoisotopic (exact) mass is 498 g/mol. The van der Waals surface area contributed by atoms with Crippen molar-refractivity contribution < 1.29 is 9.21 Å². The summed E-state index contributed by atoms with van der Waals surface area (Å²) in [5.74, 6) is 0.377. The SMILES string of the molecule is N=C(N)c1ccc(C(=O)Nc2ccc(N(c3ccncn3)c3cccc4c3oc3ccccc34)cc2)cc1. The van der Waals surface area contributed by atoms with Gasteiger partial charge in [0.05, 0.1) is 5.69 Å². The van der Waals surface area contributed by atoms with E-state index in [9.17, 15) is 4.79 Å². The van der Waals surface area contributed by atoms with E-state index in [4.69, 9.17) is 15.6 Å². The van der Waals surface area contributed by atoms with Crippen LogP contribution in [0, 0.1) is 5.41 Å². The van der Waals surface area contributed by atoms with E-state index in [1.165, 1.54) is 6.33 Å². The van der Waals surface area contributed by atoms with Gasteiger partial charge in [0.1, 0.15) is 23.6 Å². The molecule has 0 aliphatic carbocycles. The summed E-state index contributed by atoms with van der Waals surface area (Å²) in [4.78, 5) is 23.3. The standard InChI is InChI=1S/C30H22N6O2/c31-29(32)19-8-10-20(11-9-19)30(37)35-21-12-14-22(15-13-21)36(27-16-17-33-18-34-27)25-6-3-5-24-23-4-1-2-7-26(23)38-28(24)25/h1-18H,(H3,31,32)(H,35,37). The third-order valence-electron chi connectivity index (χ3n) is 6.26. The Kier molecular flexibility index (Phi) is 5.74. The molecule has 0 spiro atoms. The molecule has 6 aromatic rings. The van der Waals surface area contributed by atoms with Gasteiger partial charge in [0.15, 0.2) is 5.58 Å². The van der Waals surface area contributed by atoms with Gasteiger partial charge in [-0.1, -0.05) is 42.5 Å². The van der Waals surface area contributed by atoms with Crippen LogP contribution in [0.25, 0.3) is 21.9 Å². The molecule has 0 aliphatic heterocycles. The zero-order valence-corrected chi connectivity index (χ0v) is 20.1. The second-order valence-corrected chi connectivity index (χ2v) is 8.65. The molecule has 0 unspecified atom stereocenters. The van der Waals surface area contributed by atoms with Crippen molar-refractivity contribution in [2.75, 3.05) is 10.2 Å². The highest BCUT2D eigenvalue weighted by Gasteiger charge is 2.20. The Bertz CT molecular complexity index is 1780. The van der Waals surface area contributed by atoms with Gasteiger partial charge in [-0.2, -0.15) is 0 Å². The largest absolute Gasteiger partial charge is 0.454 e. The lowest BCUT2D eigenvalue weighted by Crippen LogP contribution is -2.14. The minimum Gasteiger partial charge on any atom is -0.454 e. The van der Waals surface area contributed by atoms with Crippen LogP contribution < -0.4 is 16.0 Å². The zero-order chi connectivity index (χ0) is 26.1. The summed E-state index contributed by atoms with van der Waals surface area (Å²) in [6.07, 6.45) is 3.20. The van der Waals surface area contributed by atoms with Gasteiger partial charge in [0.25, 0.3) is 5.91 Å². The van der Waals surface area contributed by atoms with Gasteiger partial charge >= 0.3 is 0 Å². The van der Waals surface area contributed by atoms with Gasteiger partial charge in [-0.15, -0.1) is 0 Å². The van der Waals surface area contributed by atoms with Gasteiger partial charge in [-0.3, -0.25) is 15.1 Å². The van der Waals surface area contributed by atoms with Gasteiger partial charge in [0, 0.05) is 39.5 Å². The molecule has 0 atom stereocenters. The molecule has 0 fully saturated rings. The van der Waals surface area contributed by atoms with Gasteiger partial charge in [-0.05, 0) is 54.6 Å². The van der Waals surface area contributed by atoms with Gasteiger partial charge in [0.2, 0.25) is 0 Å². The summed E-state index contributed by atoms with van der Waals surface area (Å²) < 4.78 is 6.29. The van der Waals surface area contributed by atoms with E-state index in [1.807, 2.05) is 77.7 Å². The van der Waals surface area contributed by atoms with Crippen molar-refractivity contribution in [3.05, 3.63) is 121 Å². The van der Waals surface area contributed by atoms with E-state index in [0.717, 1.165) is 33.3 Å². The van der Waals surface area contributed by atoms with Crippen LogP contribution >= 0.6 is 0 Å². The van der Waals surface area contributed by atoms with Crippen molar-refractivity contribution in [1.29, 1.82) is 5.41 Å². The average Bonchev–Trinajstić information content (AvgIpc) is 3.34. The third-order valence-corrected chi connectivity index (χ3v) is 6.26. The smallest absolute Gasteiger partial charge is 0.255 e. The van der Waals surface area contributed by atoms with Crippen molar-refractivity contribution in [1.82, 2.24) is 9.97 Å². The highest BCUT2D eigenvalue weighted by atomic mass is 16.3. The number of amidine groups is 1. The summed E-state index contributed by atoms with van der Waals surface area (Å²) in [6.45, 7) is 0. The number of para-hydroxylation sites is 2. The molecule has 8 heteroatoms. The van der Waals surface area contributed by atoms with E-state index in [1.54, 1.807) is 30.5 Å². The molecule has 2 heterocycles. The van der Waals surface area contributed by atoms with Crippen molar-refractivity contribution in [2.24, 2.45) is 5.73 Å². The average molecular weight is 499 g/mol. The summed E-state index contributed by atoms with van der Waals surface area (Å²) in [7, 11) is 0. The Balaban J connectivity index is 1.36. The van der Waals surface area contributed by atoms with Crippen LogP contribution in [0.1, 0.15) is 15.9 Å². The molecular formula is C30H22N6O2. The molecule has 8 nitrogen and oxygen atoms in total. The second kappa shape index (κ2) is 9.51. The lowest BCUT2D eigenvalue weighted by molar-refractivity contribution is 0.102. The minimum atomic E-state index is -0.257. The number of anilines is 4. The van der Waals surface area contributed by atoms with Crippen LogP contribution in [0.3, 0.4) is 0 Å². The first-order chi connectivity index (χ1) is 18.6. The summed E-state index contributed by atoms with van der Waals surface area (Å²) in [5, 5.41) is 12.5. The number of hydrogen-bond donors (Lipinski definition) is 3. The quantitative estimate of drug-likeness (QED) is 0.181. The molecule has 0 bridgehead atoms. The predicted molar refractivity (Wildman–Crippen MR) is 149 cm³/mol. The van der Waals surface area contributed by atoms with Crippen molar-refractivity contribution in [3.8, 4) is 0 Å². The molecule has 4 aromatic carbocycles. The lowest BCUT2D eigenvalue weighted by Gasteiger charge is -2.24. The summed E-state index contributed by atoms with van der Waals surface area (Å²) in [5.41, 5.74) is 10.4. The van der Waals surface area contributed by atoms with Crippen LogP contribution in [0.2, 0.25) is 0 Å². The number of nitrogens with two attached hydrogens (primary N) is 1. The van der Waals surface area contributed by atoms with Crippen molar-refractivity contribution in [3.63, 3.8) is 0 Å². The fourth-order valence-electron chi connectivity index (χ4n) is 4.42. The molecule has 2 aromatic heterocycles. The number of benzene rings is 4. The molecule has 38 heavy (non-hydrogen) atoms. The molecule has 0 aliphatic rings. The highest BCUT2D eigenvalue weighted by molar-refractivity contribution is 6.10. The molecular weight excluding hydrogens is 476 g/mol. The molecule has 0 radical (unpaired) electrons. The van der Waals surface area contributed by atoms with Gasteiger partial charge in [-0.25, -0.2) is 9.97 Å². The van der Waals surface area contributed by atoms with Crippen LogP contribution in [0.5, 0.6) is 0 Å². The van der Waals surface area contributed by atoms with E-state index >= 15 is 0 Å². The fraction of sp³-hybridized carbons (Fsp3) is 0. The number of nitrogen functional groups attached to an aromatic ring is 1. The number of carbonyl (C=O) groups excluding carboxylic acids is 1. The van der Waals surface area contributed by atoms with E-state index < -0.39 is 0 Å². The Morgan fingerprint density at radius 1 is 0.842 bits per heavy atom. The maximum atomic E-state index is 12.8. The summed E-state index contributed by atoms with van der Waals surface area (Å²) in [6, 6.07) is 29.9. The number of carbonyl (C=O) groups is 1. The Hall–Kier alpha value is -5.50. The van der Waals surface area contributed by atoms with E-state index in [0.29, 0.717) is 22.6 Å². The van der Waals surface area contributed by atoms with Crippen LogP contribution in [0.4, 0.5) is 22.9 Å². The predicted octanol–water partition coefficient (Wildman–Crippen LogP) is 6.38. The van der Waals surface area contributed by atoms with Gasteiger partial charge < -0.3 is 15.5 Å². The maximum absolute atomic E-state index is 12.8. The first kappa shape index (κ1) is 22.9. The highest BCUT2D eigenvalue weighted by Crippen LogP contribution is 2.41. The summed E-state index contributed by atoms with van der Waals surface area (Å²) >= 11 is 0. The number of aromatic nitrogens is 2. The number of fused-ring (bicyclic) bond motifs is 3. The van der Waals surface area contributed by atoms with Crippen LogP contribution in [-0.2, 0) is 0 Å². The first-order valence-corrected chi connectivity index (χ1v) is 11.9. The second-order valence-electron chi connectivity index (χ2n) is 8.65. The molecule has 6 rings (SSSR count). The number of amides is 1. The topological polar surface area (TPSA) is 121 Å². The number of hydrogen-bond acceptors (Lipinski definition) is 6. The Labute approximate surface area is 217 Å².